The number of rotatable bonds is 8. The summed E-state index contributed by atoms with van der Waals surface area (Å²) < 4.78 is 111. The molecular weight excluding hydrogens is 1300 g/mol. The van der Waals surface area contributed by atoms with Gasteiger partial charge in [0.05, 0.1) is 54.6 Å². The summed E-state index contributed by atoms with van der Waals surface area (Å²) in [4.78, 5) is 82.7. The third-order valence-corrected chi connectivity index (χ3v) is 14.6. The first-order chi connectivity index (χ1) is 38.9. The summed E-state index contributed by atoms with van der Waals surface area (Å²) in [5.74, 6) is -1.36. The summed E-state index contributed by atoms with van der Waals surface area (Å²) in [6.07, 6.45) is -3.79. The molecule has 12 rings (SSSR count). The van der Waals surface area contributed by atoms with Crippen LogP contribution in [0.4, 0.5) is 39.5 Å². The van der Waals surface area contributed by atoms with Crippen molar-refractivity contribution in [3.8, 4) is 0 Å². The molecule has 6 aromatic heterocycles. The molecule has 3 aromatic carbocycles. The lowest BCUT2D eigenvalue weighted by atomic mass is 9.96. The van der Waals surface area contributed by atoms with Gasteiger partial charge in [-0.1, -0.05) is 109 Å². The van der Waals surface area contributed by atoms with Crippen molar-refractivity contribution in [3.63, 3.8) is 0 Å². The van der Waals surface area contributed by atoms with Gasteiger partial charge in [-0.3, -0.25) is 29.3 Å². The minimum atomic E-state index is -4.47. The molecule has 84 heavy (non-hydrogen) atoms. The Morgan fingerprint density at radius 2 is 0.798 bits per heavy atom. The van der Waals surface area contributed by atoms with Gasteiger partial charge in [0.25, 0.3) is 17.7 Å². The van der Waals surface area contributed by atoms with Gasteiger partial charge in [-0.15, -0.1) is 0 Å². The van der Waals surface area contributed by atoms with Crippen LogP contribution in [0, 0.1) is 0 Å². The lowest BCUT2D eigenvalue weighted by Gasteiger charge is -2.38. The third-order valence-electron chi connectivity index (χ3n) is 12.8. The fourth-order valence-electron chi connectivity index (χ4n) is 8.91. The second-order valence-electron chi connectivity index (χ2n) is 18.5. The lowest BCUT2D eigenvalue weighted by Crippen LogP contribution is -2.49. The number of nitrogens with zero attached hydrogens (tertiary/aromatic N) is 14. The quantitative estimate of drug-likeness (QED) is 0.0858. The van der Waals surface area contributed by atoms with E-state index in [4.69, 9.17) is 34.8 Å². The van der Waals surface area contributed by atoms with E-state index >= 15 is 0 Å². The maximum Gasteiger partial charge on any atom is 0.406 e. The van der Waals surface area contributed by atoms with Crippen LogP contribution in [0.5, 0.6) is 0 Å². The average molecular weight is 1350 g/mol. The molecule has 0 radical (unpaired) electrons. The van der Waals surface area contributed by atoms with Gasteiger partial charge in [-0.05, 0) is 36.4 Å². The maximum absolute atomic E-state index is 13.0. The van der Waals surface area contributed by atoms with Crippen molar-refractivity contribution >= 4 is 108 Å². The van der Waals surface area contributed by atoms with Crippen molar-refractivity contribution in [2.45, 2.75) is 64.2 Å². The Hall–Kier alpha value is -7.31. The van der Waals surface area contributed by atoms with Crippen LogP contribution in [-0.4, -0.2) is 154 Å². The van der Waals surface area contributed by atoms with E-state index in [9.17, 15) is 53.9 Å². The average Bonchev–Trinajstić information content (AvgIpc) is 3.45. The van der Waals surface area contributed by atoms with Gasteiger partial charge in [0.15, 0.2) is 21.3 Å². The largest absolute Gasteiger partial charge is 0.406 e. The Kier molecular flexibility index (Phi) is 20.4. The van der Waals surface area contributed by atoms with Gasteiger partial charge in [0, 0.05) is 94.2 Å². The van der Waals surface area contributed by atoms with Gasteiger partial charge in [0.1, 0.15) is 13.1 Å². The maximum atomic E-state index is 13.0. The zero-order valence-corrected chi connectivity index (χ0v) is 46.3. The SMILES string of the molecule is C.C.FC(F)(F)CI.O=C(c1nc2ccccc2[nH]1)N1CC(c2nccnc2Cl)C1.O=C(c1nc2ccccc2n1CC(F)(F)F)N1CC(c2nccnc2Cl)C1.O=C(c1nc2ccccc2n1CC(F)(F)F)N1CC(c2nccnc2Cl)C1. The van der Waals surface area contributed by atoms with E-state index in [0.29, 0.717) is 72.7 Å². The molecule has 0 saturated carbocycles. The number of carbonyl (C=O) groups is 3. The number of para-hydroxylation sites is 6. The number of benzene rings is 3. The van der Waals surface area contributed by atoms with E-state index in [2.05, 4.69) is 49.8 Å². The number of nitrogens with one attached hydrogen (secondary N) is 1. The molecule has 1 N–H and O–H groups in total. The number of aromatic amines is 1. The van der Waals surface area contributed by atoms with E-state index in [1.165, 1.54) is 69.3 Å². The topological polar surface area (TPSA) is 203 Å². The van der Waals surface area contributed by atoms with Gasteiger partial charge in [0.2, 0.25) is 11.6 Å². The number of aromatic nitrogens is 12. The lowest BCUT2D eigenvalue weighted by molar-refractivity contribution is -0.141. The zero-order valence-electron chi connectivity index (χ0n) is 41.9. The summed E-state index contributed by atoms with van der Waals surface area (Å²) in [7, 11) is 0. The fourth-order valence-corrected chi connectivity index (χ4v) is 9.69. The summed E-state index contributed by atoms with van der Waals surface area (Å²) in [6.45, 7) is -0.204. The molecule has 3 saturated heterocycles. The summed E-state index contributed by atoms with van der Waals surface area (Å²) >= 11 is 19.3. The summed E-state index contributed by atoms with van der Waals surface area (Å²) in [5.41, 5.74) is 4.79. The van der Waals surface area contributed by atoms with E-state index in [0.717, 1.165) is 25.9 Å². The van der Waals surface area contributed by atoms with Crippen molar-refractivity contribution in [1.29, 1.82) is 0 Å². The fraction of sp³-hybridized carbons (Fsp3) is 0.321. The van der Waals surface area contributed by atoms with E-state index in [-0.39, 0.29) is 71.5 Å². The van der Waals surface area contributed by atoms with Gasteiger partial charge in [-0.25, -0.2) is 29.9 Å². The van der Waals surface area contributed by atoms with Crippen LogP contribution in [0.1, 0.15) is 81.5 Å². The molecule has 31 heteroatoms. The molecule has 3 amide bonds. The molecule has 0 atom stereocenters. The van der Waals surface area contributed by atoms with Crippen LogP contribution >= 0.6 is 57.4 Å². The minimum absolute atomic E-state index is 0. The van der Waals surface area contributed by atoms with Gasteiger partial charge in [-0.2, -0.15) is 39.5 Å². The minimum Gasteiger partial charge on any atom is -0.335 e. The third kappa shape index (κ3) is 15.1. The van der Waals surface area contributed by atoms with Crippen LogP contribution in [0.2, 0.25) is 15.5 Å². The number of imidazole rings is 3. The Balaban J connectivity index is 0.000000171. The van der Waals surface area contributed by atoms with Crippen LogP contribution < -0.4 is 0 Å². The van der Waals surface area contributed by atoms with E-state index < -0.39 is 47.9 Å². The number of H-pyrrole nitrogens is 1. The number of fused-ring (bicyclic) bond motifs is 3. The number of hydrogen-bond donors (Lipinski definition) is 1. The molecule has 3 aliphatic rings. The van der Waals surface area contributed by atoms with Crippen molar-refractivity contribution < 1.29 is 53.9 Å². The van der Waals surface area contributed by atoms with Crippen molar-refractivity contribution in [2.75, 3.05) is 43.7 Å². The zero-order chi connectivity index (χ0) is 58.7. The highest BCUT2D eigenvalue weighted by atomic mass is 127. The second-order valence-corrected chi connectivity index (χ2v) is 20.4. The molecule has 3 aliphatic heterocycles. The van der Waals surface area contributed by atoms with Crippen LogP contribution in [-0.2, 0) is 13.1 Å². The first kappa shape index (κ1) is 64.3. The monoisotopic (exact) mass is 1350 g/mol. The highest BCUT2D eigenvalue weighted by Crippen LogP contribution is 2.35. The number of amides is 3. The Morgan fingerprint density at radius 3 is 1.13 bits per heavy atom. The van der Waals surface area contributed by atoms with Crippen molar-refractivity contribution in [2.24, 2.45) is 0 Å². The number of likely N-dealkylation sites (tertiary alicyclic amines) is 3. The first-order valence-corrected chi connectivity index (χ1v) is 27.0. The predicted molar refractivity (Wildman–Crippen MR) is 303 cm³/mol. The second kappa shape index (κ2) is 26.7. The Bertz CT molecular complexity index is 3580. The highest BCUT2D eigenvalue weighted by Gasteiger charge is 2.41. The number of halogens is 13. The van der Waals surface area contributed by atoms with E-state index in [1.54, 1.807) is 53.7 Å². The number of carbonyl (C=O) groups excluding carboxylic acids is 3. The Labute approximate surface area is 501 Å². The van der Waals surface area contributed by atoms with Gasteiger partial charge >= 0.3 is 18.5 Å². The molecule has 0 bridgehead atoms. The number of alkyl halides is 10. The molecule has 9 heterocycles. The molecule has 0 unspecified atom stereocenters. The number of hydrogen-bond acceptors (Lipinski definition) is 12. The van der Waals surface area contributed by atoms with Crippen LogP contribution in [0.3, 0.4) is 0 Å². The van der Waals surface area contributed by atoms with Crippen LogP contribution in [0.15, 0.2) is 110 Å². The van der Waals surface area contributed by atoms with E-state index in [1.807, 2.05) is 24.3 Å². The van der Waals surface area contributed by atoms with Crippen LogP contribution in [0.25, 0.3) is 33.1 Å². The summed E-state index contributed by atoms with van der Waals surface area (Å²) in [5, 5.41) is 0.932. The smallest absolute Gasteiger partial charge is 0.335 e. The molecule has 0 spiro atoms. The summed E-state index contributed by atoms with van der Waals surface area (Å²) in [6, 6.07) is 20.3. The highest BCUT2D eigenvalue weighted by molar-refractivity contribution is 14.1. The Morgan fingerprint density at radius 1 is 0.476 bits per heavy atom. The van der Waals surface area contributed by atoms with Gasteiger partial charge < -0.3 is 28.8 Å². The molecule has 444 valence electrons. The molecule has 3 fully saturated rings. The first-order valence-electron chi connectivity index (χ1n) is 24.3. The standard InChI is InChI=1S/2C17H13ClF3N5O.C15H12ClN5O.C2H2F3I.2CH4/c2*18-14-13(22-5-6-23-14)10-7-25(8-10)16(27)15-24-11-3-1-2-4-12(11)26(15)9-17(19,20)21;16-13-12(17-5-6-18-13)9-7-21(8-9)15(22)14-19-10-3-1-2-4-11(10)20-14;3-2(4,5)1-6;;/h2*1-6,10H,7-9H2;1-6,9H,7-8H2,(H,19,20);1H2;2*1H4. The van der Waals surface area contributed by atoms with Crippen molar-refractivity contribution in [1.82, 2.24) is 73.7 Å². The predicted octanol–water partition coefficient (Wildman–Crippen LogP) is 12.1. The molecule has 9 aromatic rings. The normalized spacial score (nSPS) is 14.6. The molecule has 18 nitrogen and oxygen atoms in total. The van der Waals surface area contributed by atoms with Crippen molar-refractivity contribution in [3.05, 3.63) is 160 Å². The molecular formula is C53H48Cl3F9IN15O3. The molecule has 0 aliphatic carbocycles.